The molecule has 3 fully saturated rings. The lowest BCUT2D eigenvalue weighted by Crippen LogP contribution is -2.53. The monoisotopic (exact) mass is 334 g/mol. The molecule has 4 rings (SSSR count). The van der Waals surface area contributed by atoms with Crippen LogP contribution in [0.15, 0.2) is 12.4 Å². The standard InChI is InChI=1S/C18H27FN4O/c1-13-7-15(13)17(24)23-5-3-16(19)18(12-23)4-6-22(11-18)10-14-8-20-21(2)9-14/h8-9,13,15-16H,3-7,10-12H2,1-2H3/t13-,15+,16+,18+/m1/s1. The Balaban J connectivity index is 1.42. The van der Waals surface area contributed by atoms with Crippen molar-refractivity contribution >= 4 is 5.91 Å². The first-order chi connectivity index (χ1) is 11.5. The molecule has 1 spiro atoms. The minimum absolute atomic E-state index is 0.200. The largest absolute Gasteiger partial charge is 0.342 e. The third-order valence-corrected chi connectivity index (χ3v) is 6.19. The Bertz CT molecular complexity index is 632. The molecule has 3 aliphatic rings. The Morgan fingerprint density at radius 1 is 1.42 bits per heavy atom. The van der Waals surface area contributed by atoms with Gasteiger partial charge in [0.1, 0.15) is 6.17 Å². The lowest BCUT2D eigenvalue weighted by Gasteiger charge is -2.43. The minimum atomic E-state index is -0.794. The van der Waals surface area contributed by atoms with Crippen LogP contribution in [0.4, 0.5) is 4.39 Å². The Labute approximate surface area is 142 Å². The molecule has 4 atom stereocenters. The maximum Gasteiger partial charge on any atom is 0.225 e. The van der Waals surface area contributed by atoms with E-state index in [-0.39, 0.29) is 17.2 Å². The summed E-state index contributed by atoms with van der Waals surface area (Å²) in [6.45, 7) is 5.78. The molecule has 1 saturated carbocycles. The number of nitrogens with zero attached hydrogens (tertiary/aromatic N) is 4. The second-order valence-electron chi connectivity index (χ2n) is 8.18. The first-order valence-corrected chi connectivity index (χ1v) is 9.10. The summed E-state index contributed by atoms with van der Waals surface area (Å²) in [5.41, 5.74) is 0.800. The molecule has 0 bridgehead atoms. The van der Waals surface area contributed by atoms with Gasteiger partial charge in [0, 0.05) is 56.3 Å². The summed E-state index contributed by atoms with van der Waals surface area (Å²) in [5.74, 6) is 0.979. The van der Waals surface area contributed by atoms with E-state index in [1.165, 1.54) is 5.56 Å². The van der Waals surface area contributed by atoms with Gasteiger partial charge in [-0.15, -0.1) is 0 Å². The van der Waals surface area contributed by atoms with E-state index in [4.69, 9.17) is 0 Å². The predicted molar refractivity (Wildman–Crippen MR) is 88.9 cm³/mol. The average molecular weight is 334 g/mol. The van der Waals surface area contributed by atoms with Crippen molar-refractivity contribution in [3.8, 4) is 0 Å². The number of alkyl halides is 1. The van der Waals surface area contributed by atoms with Gasteiger partial charge in [-0.2, -0.15) is 5.10 Å². The summed E-state index contributed by atoms with van der Waals surface area (Å²) in [6, 6.07) is 0. The number of hydrogen-bond acceptors (Lipinski definition) is 3. The molecule has 2 saturated heterocycles. The van der Waals surface area contributed by atoms with Crippen LogP contribution in [0.1, 0.15) is 31.7 Å². The Hall–Kier alpha value is -1.43. The van der Waals surface area contributed by atoms with Crippen LogP contribution >= 0.6 is 0 Å². The van der Waals surface area contributed by atoms with Gasteiger partial charge in [0.2, 0.25) is 5.91 Å². The van der Waals surface area contributed by atoms with Crippen molar-refractivity contribution in [1.82, 2.24) is 19.6 Å². The molecule has 1 aromatic heterocycles. The van der Waals surface area contributed by atoms with Gasteiger partial charge in [-0.05, 0) is 31.7 Å². The van der Waals surface area contributed by atoms with E-state index in [0.29, 0.717) is 25.4 Å². The highest BCUT2D eigenvalue weighted by Gasteiger charge is 2.51. The molecular weight excluding hydrogens is 307 g/mol. The first-order valence-electron chi connectivity index (χ1n) is 9.10. The van der Waals surface area contributed by atoms with Crippen LogP contribution in [0, 0.1) is 17.3 Å². The SMILES string of the molecule is C[C@@H]1C[C@@H]1C(=O)N1CC[C@H](F)[C@]2(CCN(Cc3cnn(C)c3)C2)C1. The van der Waals surface area contributed by atoms with Crippen LogP contribution in [-0.2, 0) is 18.4 Å². The van der Waals surface area contributed by atoms with Crippen molar-refractivity contribution in [3.05, 3.63) is 18.0 Å². The summed E-state index contributed by atoms with van der Waals surface area (Å²) in [4.78, 5) is 16.8. The molecule has 1 amide bonds. The number of hydrogen-bond donors (Lipinski definition) is 0. The van der Waals surface area contributed by atoms with E-state index in [0.717, 1.165) is 32.5 Å². The number of likely N-dealkylation sites (tertiary alicyclic amines) is 2. The quantitative estimate of drug-likeness (QED) is 0.847. The maximum absolute atomic E-state index is 14.8. The molecule has 0 aromatic carbocycles. The van der Waals surface area contributed by atoms with Crippen molar-refractivity contribution in [3.63, 3.8) is 0 Å². The zero-order chi connectivity index (χ0) is 16.9. The smallest absolute Gasteiger partial charge is 0.225 e. The van der Waals surface area contributed by atoms with Crippen molar-refractivity contribution in [2.24, 2.45) is 24.3 Å². The number of aryl methyl sites for hydroxylation is 1. The summed E-state index contributed by atoms with van der Waals surface area (Å²) >= 11 is 0. The highest BCUT2D eigenvalue weighted by atomic mass is 19.1. The first kappa shape index (κ1) is 16.1. The number of carbonyl (C=O) groups excluding carboxylic acids is 1. The fourth-order valence-electron chi connectivity index (χ4n) is 4.54. The minimum Gasteiger partial charge on any atom is -0.342 e. The number of piperidine rings is 1. The van der Waals surface area contributed by atoms with Gasteiger partial charge in [-0.1, -0.05) is 6.92 Å². The van der Waals surface area contributed by atoms with E-state index < -0.39 is 6.17 Å². The molecule has 2 aliphatic heterocycles. The highest BCUT2D eigenvalue weighted by molar-refractivity contribution is 5.81. The fraction of sp³-hybridized carbons (Fsp3) is 0.778. The number of carbonyl (C=O) groups is 1. The number of amides is 1. The molecular formula is C18H27FN4O. The molecule has 24 heavy (non-hydrogen) atoms. The third kappa shape index (κ3) is 2.85. The van der Waals surface area contributed by atoms with E-state index in [1.807, 2.05) is 24.3 Å². The molecule has 0 radical (unpaired) electrons. The summed E-state index contributed by atoms with van der Waals surface area (Å²) in [7, 11) is 1.91. The molecule has 0 N–H and O–H groups in total. The van der Waals surface area contributed by atoms with Crippen LogP contribution in [0.2, 0.25) is 0 Å². The molecule has 0 unspecified atom stereocenters. The van der Waals surface area contributed by atoms with Crippen LogP contribution in [0.3, 0.4) is 0 Å². The van der Waals surface area contributed by atoms with E-state index in [1.54, 1.807) is 4.68 Å². The lowest BCUT2D eigenvalue weighted by atomic mass is 9.77. The second kappa shape index (κ2) is 5.83. The van der Waals surface area contributed by atoms with Gasteiger partial charge >= 0.3 is 0 Å². The van der Waals surface area contributed by atoms with Crippen molar-refractivity contribution in [2.75, 3.05) is 26.2 Å². The van der Waals surface area contributed by atoms with Gasteiger partial charge in [0.15, 0.2) is 0 Å². The topological polar surface area (TPSA) is 41.4 Å². The third-order valence-electron chi connectivity index (χ3n) is 6.19. The fourth-order valence-corrected chi connectivity index (χ4v) is 4.54. The van der Waals surface area contributed by atoms with Crippen molar-refractivity contribution < 1.29 is 9.18 Å². The number of rotatable bonds is 3. The summed E-state index contributed by atoms with van der Waals surface area (Å²) in [6.07, 6.45) is 5.45. The van der Waals surface area contributed by atoms with E-state index >= 15 is 0 Å². The molecule has 3 heterocycles. The van der Waals surface area contributed by atoms with Gasteiger partial charge in [-0.25, -0.2) is 4.39 Å². The maximum atomic E-state index is 14.8. The van der Waals surface area contributed by atoms with Crippen LogP contribution < -0.4 is 0 Å². The van der Waals surface area contributed by atoms with Gasteiger partial charge in [0.25, 0.3) is 0 Å². The number of halogens is 1. The molecule has 5 nitrogen and oxygen atoms in total. The molecule has 132 valence electrons. The van der Waals surface area contributed by atoms with Gasteiger partial charge < -0.3 is 4.90 Å². The van der Waals surface area contributed by atoms with Gasteiger partial charge in [-0.3, -0.25) is 14.4 Å². The lowest BCUT2D eigenvalue weighted by molar-refractivity contribution is -0.138. The van der Waals surface area contributed by atoms with Gasteiger partial charge in [0.05, 0.1) is 6.20 Å². The number of aromatic nitrogens is 2. The van der Waals surface area contributed by atoms with Crippen LogP contribution in [0.5, 0.6) is 0 Å². The van der Waals surface area contributed by atoms with E-state index in [2.05, 4.69) is 16.9 Å². The highest BCUT2D eigenvalue weighted by Crippen LogP contribution is 2.44. The Morgan fingerprint density at radius 3 is 2.88 bits per heavy atom. The van der Waals surface area contributed by atoms with Crippen molar-refractivity contribution in [2.45, 2.75) is 38.9 Å². The summed E-state index contributed by atoms with van der Waals surface area (Å²) in [5, 5.41) is 4.21. The zero-order valence-electron chi connectivity index (χ0n) is 14.6. The average Bonchev–Trinajstić information content (AvgIpc) is 2.94. The zero-order valence-corrected chi connectivity index (χ0v) is 14.6. The summed E-state index contributed by atoms with van der Waals surface area (Å²) < 4.78 is 16.6. The molecule has 1 aromatic rings. The second-order valence-corrected chi connectivity index (χ2v) is 8.18. The molecule has 6 heteroatoms. The molecule has 1 aliphatic carbocycles. The normalized spacial score (nSPS) is 36.5. The Kier molecular flexibility index (Phi) is 3.90. The van der Waals surface area contributed by atoms with Crippen LogP contribution in [-0.4, -0.2) is 57.8 Å². The predicted octanol–water partition coefficient (Wildman–Crippen LogP) is 1.84. The Morgan fingerprint density at radius 2 is 2.21 bits per heavy atom. The van der Waals surface area contributed by atoms with Crippen LogP contribution in [0.25, 0.3) is 0 Å². The van der Waals surface area contributed by atoms with E-state index in [9.17, 15) is 9.18 Å². The van der Waals surface area contributed by atoms with Crippen molar-refractivity contribution in [1.29, 1.82) is 0 Å².